The van der Waals surface area contributed by atoms with Gasteiger partial charge in [-0.05, 0) is 150 Å². The van der Waals surface area contributed by atoms with E-state index in [-0.39, 0.29) is 42.6 Å². The number of nitrogens with one attached hydrogen (secondary N) is 2. The molecule has 3 aliphatic rings. The summed E-state index contributed by atoms with van der Waals surface area (Å²) in [5.74, 6) is 0. The first-order valence-electron chi connectivity index (χ1n) is 16.8. The summed E-state index contributed by atoms with van der Waals surface area (Å²) in [6, 6.07) is 12.2. The molecule has 1 fully saturated rings. The highest BCUT2D eigenvalue weighted by Gasteiger charge is 2.52. The maximum atomic E-state index is 12.2. The minimum atomic E-state index is -0.504. The Morgan fingerprint density at radius 2 is 1.33 bits per heavy atom. The monoisotopic (exact) mass is 754 g/mol. The van der Waals surface area contributed by atoms with Gasteiger partial charge in [0.05, 0.1) is 23.3 Å². The number of carbonyl (C=O) groups is 2. The van der Waals surface area contributed by atoms with Crippen LogP contribution in [0.4, 0.5) is 9.59 Å². The Labute approximate surface area is 302 Å². The van der Waals surface area contributed by atoms with Crippen LogP contribution in [0.25, 0.3) is 10.6 Å². The molecule has 10 nitrogen and oxygen atoms in total. The molecule has 0 radical (unpaired) electrons. The van der Waals surface area contributed by atoms with Crippen molar-refractivity contribution in [2.75, 3.05) is 0 Å². The third kappa shape index (κ3) is 8.85. The molecule has 1 aliphatic heterocycles. The Balaban J connectivity index is 0.000000192. The molecular formula is C36H48BBrN4O6S. The summed E-state index contributed by atoms with van der Waals surface area (Å²) in [7, 11) is -0.379. The first kappa shape index (κ1) is 37.3. The number of aromatic nitrogens is 2. The Kier molecular flexibility index (Phi) is 10.6. The molecule has 13 heteroatoms. The first-order chi connectivity index (χ1) is 22.7. The fourth-order valence-corrected chi connectivity index (χ4v) is 7.37. The summed E-state index contributed by atoms with van der Waals surface area (Å²) >= 11 is 4.67. The molecule has 264 valence electrons. The van der Waals surface area contributed by atoms with Crippen molar-refractivity contribution in [3.63, 3.8) is 0 Å². The maximum absolute atomic E-state index is 12.2. The Morgan fingerprint density at radius 3 is 1.82 bits per heavy atom. The van der Waals surface area contributed by atoms with Crippen molar-refractivity contribution in [2.24, 2.45) is 0 Å². The molecule has 0 spiro atoms. The normalized spacial score (nSPS) is 20.5. The van der Waals surface area contributed by atoms with Crippen molar-refractivity contribution >= 4 is 52.2 Å². The predicted octanol–water partition coefficient (Wildman–Crippen LogP) is 7.98. The summed E-state index contributed by atoms with van der Waals surface area (Å²) in [6.07, 6.45) is 2.76. The van der Waals surface area contributed by atoms with Crippen LogP contribution in [0, 0.1) is 0 Å². The molecule has 1 saturated heterocycles. The van der Waals surface area contributed by atoms with Gasteiger partial charge in [0.1, 0.15) is 16.2 Å². The minimum absolute atomic E-state index is 0.0174. The van der Waals surface area contributed by atoms with Crippen molar-refractivity contribution in [1.29, 1.82) is 0 Å². The number of hydrogen-bond donors (Lipinski definition) is 2. The van der Waals surface area contributed by atoms with Crippen molar-refractivity contribution in [3.8, 4) is 10.6 Å². The molecule has 2 heterocycles. The molecule has 2 aromatic carbocycles. The number of benzene rings is 2. The number of halogens is 1. The lowest BCUT2D eigenvalue weighted by atomic mass is 9.75. The largest absolute Gasteiger partial charge is 0.495 e. The lowest BCUT2D eigenvalue weighted by Crippen LogP contribution is -2.41. The van der Waals surface area contributed by atoms with Gasteiger partial charge in [0.25, 0.3) is 0 Å². The van der Waals surface area contributed by atoms with Gasteiger partial charge in [-0.3, -0.25) is 0 Å². The second-order valence-electron chi connectivity index (χ2n) is 15.7. The minimum Gasteiger partial charge on any atom is -0.444 e. The Morgan fingerprint density at radius 1 is 0.837 bits per heavy atom. The second-order valence-corrected chi connectivity index (χ2v) is 17.2. The molecule has 49 heavy (non-hydrogen) atoms. The van der Waals surface area contributed by atoms with Crippen LogP contribution in [-0.2, 0) is 31.6 Å². The molecule has 1 aromatic heterocycles. The van der Waals surface area contributed by atoms with Crippen LogP contribution in [0.15, 0.2) is 41.1 Å². The van der Waals surface area contributed by atoms with E-state index in [1.807, 2.05) is 53.7 Å². The zero-order valence-corrected chi connectivity index (χ0v) is 32.6. The number of ether oxygens (including phenoxy) is 2. The zero-order valence-electron chi connectivity index (χ0n) is 30.2. The van der Waals surface area contributed by atoms with E-state index in [4.69, 9.17) is 18.8 Å². The van der Waals surface area contributed by atoms with Gasteiger partial charge in [-0.15, -0.1) is 0 Å². The molecule has 0 saturated carbocycles. The summed E-state index contributed by atoms with van der Waals surface area (Å²) in [5.41, 5.74) is 5.14. The van der Waals surface area contributed by atoms with Gasteiger partial charge in [0.2, 0.25) is 4.73 Å². The smallest absolute Gasteiger partial charge is 0.444 e. The lowest BCUT2D eigenvalue weighted by Gasteiger charge is -2.32. The summed E-state index contributed by atoms with van der Waals surface area (Å²) in [4.78, 5) is 28.6. The SMILES string of the molecule is CC(C)(C)OC(=O)N[C@H]1CCc2c(-c3nc(Br)ns3)cccc21.CC(C)(C)OC(=O)N[C@H]1CCc2c(B3OC(C)(C)C(C)(C)O3)cccc21. The van der Waals surface area contributed by atoms with Gasteiger partial charge < -0.3 is 29.4 Å². The zero-order chi connectivity index (χ0) is 35.9. The van der Waals surface area contributed by atoms with E-state index >= 15 is 0 Å². The van der Waals surface area contributed by atoms with Crippen LogP contribution in [-0.4, -0.2) is 51.1 Å². The summed E-state index contributed by atoms with van der Waals surface area (Å²) in [5, 5.41) is 6.87. The predicted molar refractivity (Wildman–Crippen MR) is 196 cm³/mol. The molecule has 3 aromatic rings. The summed E-state index contributed by atoms with van der Waals surface area (Å²) < 4.78 is 28.0. The van der Waals surface area contributed by atoms with Gasteiger partial charge in [-0.2, -0.15) is 4.37 Å². The van der Waals surface area contributed by atoms with Crippen LogP contribution in [0.2, 0.25) is 0 Å². The molecule has 0 unspecified atom stereocenters. The molecule has 2 atom stereocenters. The van der Waals surface area contributed by atoms with E-state index in [0.717, 1.165) is 52.8 Å². The molecule has 2 amide bonds. The number of nitrogens with zero attached hydrogens (tertiary/aromatic N) is 2. The van der Waals surface area contributed by atoms with Crippen molar-refractivity contribution in [3.05, 3.63) is 63.4 Å². The van der Waals surface area contributed by atoms with Gasteiger partial charge >= 0.3 is 19.3 Å². The third-order valence-corrected chi connectivity index (χ3v) is 10.4. The second kappa shape index (κ2) is 14.0. The number of amides is 2. The first-order valence-corrected chi connectivity index (χ1v) is 18.4. The standard InChI is InChI=1S/C20H30BNO4.C16H18BrN3O2S/c1-18(2,3)24-17(23)22-16-12-11-13-14(16)9-8-10-15(13)21-25-19(4,5)20(6,7)26-21;1-16(2,3)22-15(21)18-12-8-7-9-10(12)5-4-6-11(9)13-19-14(17)20-23-13/h8-10,16H,11-12H2,1-7H3,(H,22,23);4-6,12H,7-8H2,1-3H3,(H,18,21)/t16-;12-/m00/s1. The number of rotatable bonds is 4. The number of hydrogen-bond acceptors (Lipinski definition) is 9. The fraction of sp³-hybridized carbons (Fsp3) is 0.556. The topological polar surface area (TPSA) is 121 Å². The quantitative estimate of drug-likeness (QED) is 0.258. The molecule has 6 rings (SSSR count). The fourth-order valence-electron chi connectivity index (χ4n) is 6.24. The lowest BCUT2D eigenvalue weighted by molar-refractivity contribution is 0.00578. The van der Waals surface area contributed by atoms with Crippen LogP contribution < -0.4 is 16.1 Å². The summed E-state index contributed by atoms with van der Waals surface area (Å²) in [6.45, 7) is 19.4. The Hall–Kier alpha value is -3.00. The van der Waals surface area contributed by atoms with Gasteiger partial charge in [0, 0.05) is 5.56 Å². The van der Waals surface area contributed by atoms with Crippen LogP contribution in [0.5, 0.6) is 0 Å². The van der Waals surface area contributed by atoms with Crippen molar-refractivity contribution in [2.45, 2.75) is 129 Å². The van der Waals surface area contributed by atoms with E-state index in [1.165, 1.54) is 22.7 Å². The number of fused-ring (bicyclic) bond motifs is 2. The highest BCUT2D eigenvalue weighted by molar-refractivity contribution is 9.10. The highest BCUT2D eigenvalue weighted by Crippen LogP contribution is 2.40. The van der Waals surface area contributed by atoms with Crippen molar-refractivity contribution in [1.82, 2.24) is 20.0 Å². The molecule has 0 bridgehead atoms. The maximum Gasteiger partial charge on any atom is 0.495 e. The van der Waals surface area contributed by atoms with E-state index < -0.39 is 11.2 Å². The average molecular weight is 756 g/mol. The van der Waals surface area contributed by atoms with Crippen molar-refractivity contribution < 1.29 is 28.4 Å². The van der Waals surface area contributed by atoms with E-state index in [1.54, 1.807) is 0 Å². The number of alkyl carbamates (subject to hydrolysis) is 2. The molecular weight excluding hydrogens is 707 g/mol. The van der Waals surface area contributed by atoms with Gasteiger partial charge in [-0.25, -0.2) is 14.6 Å². The van der Waals surface area contributed by atoms with Crippen LogP contribution in [0.3, 0.4) is 0 Å². The number of carbonyl (C=O) groups excluding carboxylic acids is 2. The third-order valence-electron chi connectivity index (χ3n) is 9.10. The molecule has 2 N–H and O–H groups in total. The van der Waals surface area contributed by atoms with E-state index in [2.05, 4.69) is 87.9 Å². The molecule has 2 aliphatic carbocycles. The van der Waals surface area contributed by atoms with Crippen LogP contribution in [0.1, 0.15) is 116 Å². The van der Waals surface area contributed by atoms with Crippen LogP contribution >= 0.6 is 27.5 Å². The van der Waals surface area contributed by atoms with Gasteiger partial charge in [-0.1, -0.05) is 36.4 Å². The highest BCUT2D eigenvalue weighted by atomic mass is 79.9. The van der Waals surface area contributed by atoms with Gasteiger partial charge in [0.15, 0.2) is 0 Å². The average Bonchev–Trinajstić information content (AvgIpc) is 3.73. The van der Waals surface area contributed by atoms with E-state index in [0.29, 0.717) is 4.73 Å². The van der Waals surface area contributed by atoms with E-state index in [9.17, 15) is 9.59 Å². The Bertz CT molecular complexity index is 1680.